The van der Waals surface area contributed by atoms with Gasteiger partial charge in [-0.05, 0) is 24.3 Å². The van der Waals surface area contributed by atoms with Gasteiger partial charge in [-0.15, -0.1) is 0 Å². The molecular formula is C19H21N3O4. The first-order chi connectivity index (χ1) is 12.5. The van der Waals surface area contributed by atoms with E-state index in [2.05, 4.69) is 0 Å². The Morgan fingerprint density at radius 2 is 1.54 bits per heavy atom. The van der Waals surface area contributed by atoms with Gasteiger partial charge in [0.05, 0.1) is 12.7 Å². The normalized spacial score (nSPS) is 14.2. The summed E-state index contributed by atoms with van der Waals surface area (Å²) in [6, 6.07) is 9.97. The highest BCUT2D eigenvalue weighted by Crippen LogP contribution is 2.16. The summed E-state index contributed by atoms with van der Waals surface area (Å²) in [6.07, 6.45) is 1.54. The number of carbonyl (C=O) groups excluding carboxylic acids is 2. The number of methoxy groups -OCH3 is 1. The monoisotopic (exact) mass is 355 g/mol. The molecular weight excluding hydrogens is 334 g/mol. The molecule has 0 aliphatic carbocycles. The Kier molecular flexibility index (Phi) is 5.06. The van der Waals surface area contributed by atoms with Crippen molar-refractivity contribution >= 4 is 11.8 Å². The van der Waals surface area contributed by atoms with Crippen LogP contribution in [0, 0.1) is 0 Å². The number of hydrogen-bond acceptors (Lipinski definition) is 4. The van der Waals surface area contributed by atoms with Crippen molar-refractivity contribution in [3.8, 4) is 5.75 Å². The highest BCUT2D eigenvalue weighted by molar-refractivity contribution is 5.96. The molecule has 0 atom stereocenters. The van der Waals surface area contributed by atoms with Crippen LogP contribution < -0.4 is 10.3 Å². The van der Waals surface area contributed by atoms with E-state index in [0.29, 0.717) is 43.1 Å². The van der Waals surface area contributed by atoms with E-state index < -0.39 is 0 Å². The molecule has 1 fully saturated rings. The van der Waals surface area contributed by atoms with Gasteiger partial charge in [0.1, 0.15) is 5.75 Å². The number of aromatic nitrogens is 1. The molecule has 0 saturated carbocycles. The van der Waals surface area contributed by atoms with Crippen LogP contribution in [0.5, 0.6) is 5.75 Å². The Labute approximate surface area is 151 Å². The SMILES string of the molecule is COc1cccc(C(=O)N2CCN(C(=O)c3ccc(=O)n(C)c3)CC2)c1. The molecule has 3 rings (SSSR count). The van der Waals surface area contributed by atoms with Crippen molar-refractivity contribution in [2.75, 3.05) is 33.3 Å². The second-order valence-corrected chi connectivity index (χ2v) is 6.18. The lowest BCUT2D eigenvalue weighted by molar-refractivity contribution is 0.0535. The van der Waals surface area contributed by atoms with Gasteiger partial charge in [0.15, 0.2) is 0 Å². The van der Waals surface area contributed by atoms with Crippen LogP contribution in [0.4, 0.5) is 0 Å². The third kappa shape index (κ3) is 3.61. The number of pyridine rings is 1. The summed E-state index contributed by atoms with van der Waals surface area (Å²) < 4.78 is 6.54. The maximum atomic E-state index is 12.6. The Bertz CT molecular complexity index is 882. The molecule has 7 heteroatoms. The smallest absolute Gasteiger partial charge is 0.255 e. The zero-order valence-electron chi connectivity index (χ0n) is 14.8. The molecule has 1 aromatic carbocycles. The first kappa shape index (κ1) is 17.7. The quantitative estimate of drug-likeness (QED) is 0.823. The topological polar surface area (TPSA) is 71.8 Å². The first-order valence-corrected chi connectivity index (χ1v) is 8.39. The van der Waals surface area contributed by atoms with Crippen molar-refractivity contribution < 1.29 is 14.3 Å². The average Bonchev–Trinajstić information content (AvgIpc) is 2.69. The van der Waals surface area contributed by atoms with Gasteiger partial charge < -0.3 is 19.1 Å². The molecule has 0 radical (unpaired) electrons. The molecule has 136 valence electrons. The molecule has 1 aliphatic rings. The summed E-state index contributed by atoms with van der Waals surface area (Å²) >= 11 is 0. The number of ether oxygens (including phenoxy) is 1. The lowest BCUT2D eigenvalue weighted by atomic mass is 10.1. The van der Waals surface area contributed by atoms with Gasteiger partial charge in [-0.2, -0.15) is 0 Å². The van der Waals surface area contributed by atoms with Crippen LogP contribution in [-0.4, -0.2) is 59.5 Å². The van der Waals surface area contributed by atoms with E-state index in [1.165, 1.54) is 10.6 Å². The molecule has 0 N–H and O–H groups in total. The minimum atomic E-state index is -0.157. The first-order valence-electron chi connectivity index (χ1n) is 8.39. The molecule has 7 nitrogen and oxygen atoms in total. The maximum Gasteiger partial charge on any atom is 0.255 e. The van der Waals surface area contributed by atoms with Gasteiger partial charge >= 0.3 is 0 Å². The van der Waals surface area contributed by atoms with Crippen LogP contribution in [-0.2, 0) is 7.05 Å². The van der Waals surface area contributed by atoms with E-state index >= 15 is 0 Å². The van der Waals surface area contributed by atoms with Crippen molar-refractivity contribution in [1.29, 1.82) is 0 Å². The van der Waals surface area contributed by atoms with Gasteiger partial charge in [0.25, 0.3) is 11.8 Å². The number of piperazine rings is 1. The molecule has 26 heavy (non-hydrogen) atoms. The molecule has 1 aliphatic heterocycles. The Morgan fingerprint density at radius 1 is 0.923 bits per heavy atom. The van der Waals surface area contributed by atoms with Crippen molar-refractivity contribution in [2.45, 2.75) is 0 Å². The van der Waals surface area contributed by atoms with Crippen molar-refractivity contribution in [2.24, 2.45) is 7.05 Å². The van der Waals surface area contributed by atoms with Gasteiger partial charge in [0.2, 0.25) is 5.56 Å². The summed E-state index contributed by atoms with van der Waals surface area (Å²) in [5.41, 5.74) is 0.886. The number of aryl methyl sites for hydroxylation is 1. The fraction of sp³-hybridized carbons (Fsp3) is 0.316. The zero-order chi connectivity index (χ0) is 18.7. The highest BCUT2D eigenvalue weighted by Gasteiger charge is 2.25. The lowest BCUT2D eigenvalue weighted by Gasteiger charge is -2.35. The van der Waals surface area contributed by atoms with Crippen LogP contribution in [0.2, 0.25) is 0 Å². The van der Waals surface area contributed by atoms with Crippen molar-refractivity contribution in [3.05, 3.63) is 64.1 Å². The third-order valence-electron chi connectivity index (χ3n) is 4.50. The standard InChI is InChI=1S/C19H21N3O4/c1-20-13-15(6-7-17(20)23)19(25)22-10-8-21(9-11-22)18(24)14-4-3-5-16(12-14)26-2/h3-7,12-13H,8-11H2,1-2H3. The molecule has 2 aromatic rings. The number of hydrogen-bond donors (Lipinski definition) is 0. The number of rotatable bonds is 3. The summed E-state index contributed by atoms with van der Waals surface area (Å²) in [7, 11) is 3.18. The van der Waals surface area contributed by atoms with Gasteiger partial charge in [-0.1, -0.05) is 6.07 Å². The van der Waals surface area contributed by atoms with Gasteiger partial charge in [-0.25, -0.2) is 0 Å². The van der Waals surface area contributed by atoms with E-state index in [1.807, 2.05) is 0 Å². The van der Waals surface area contributed by atoms with E-state index in [1.54, 1.807) is 60.5 Å². The van der Waals surface area contributed by atoms with Gasteiger partial charge in [-0.3, -0.25) is 14.4 Å². The molecule has 2 heterocycles. The molecule has 0 unspecified atom stereocenters. The van der Waals surface area contributed by atoms with Crippen LogP contribution in [0.1, 0.15) is 20.7 Å². The summed E-state index contributed by atoms with van der Waals surface area (Å²) in [4.78, 5) is 40.1. The molecule has 0 bridgehead atoms. The fourth-order valence-corrected chi connectivity index (χ4v) is 2.95. The van der Waals surface area contributed by atoms with E-state index in [-0.39, 0.29) is 17.4 Å². The number of amides is 2. The van der Waals surface area contributed by atoms with E-state index in [9.17, 15) is 14.4 Å². The fourth-order valence-electron chi connectivity index (χ4n) is 2.95. The zero-order valence-corrected chi connectivity index (χ0v) is 14.8. The number of carbonyl (C=O) groups is 2. The predicted molar refractivity (Wildman–Crippen MR) is 96.5 cm³/mol. The number of benzene rings is 1. The second-order valence-electron chi connectivity index (χ2n) is 6.18. The Hall–Kier alpha value is -3.09. The number of nitrogens with zero attached hydrogens (tertiary/aromatic N) is 3. The minimum Gasteiger partial charge on any atom is -0.497 e. The third-order valence-corrected chi connectivity index (χ3v) is 4.50. The molecule has 1 saturated heterocycles. The van der Waals surface area contributed by atoms with Crippen LogP contribution in [0.15, 0.2) is 47.4 Å². The predicted octanol–water partition coefficient (Wildman–Crippen LogP) is 0.992. The van der Waals surface area contributed by atoms with Crippen LogP contribution in [0.3, 0.4) is 0 Å². The minimum absolute atomic E-state index is 0.0712. The lowest BCUT2D eigenvalue weighted by Crippen LogP contribution is -2.50. The largest absolute Gasteiger partial charge is 0.497 e. The Morgan fingerprint density at radius 3 is 2.12 bits per heavy atom. The summed E-state index contributed by atoms with van der Waals surface area (Å²) in [5, 5.41) is 0. The van der Waals surface area contributed by atoms with E-state index in [0.717, 1.165) is 0 Å². The summed E-state index contributed by atoms with van der Waals surface area (Å²) in [6.45, 7) is 1.84. The Balaban J connectivity index is 1.64. The van der Waals surface area contributed by atoms with Crippen molar-refractivity contribution in [3.63, 3.8) is 0 Å². The van der Waals surface area contributed by atoms with E-state index in [4.69, 9.17) is 4.74 Å². The average molecular weight is 355 g/mol. The van der Waals surface area contributed by atoms with Gasteiger partial charge in [0, 0.05) is 51.1 Å². The van der Waals surface area contributed by atoms with Crippen LogP contribution >= 0.6 is 0 Å². The summed E-state index contributed by atoms with van der Waals surface area (Å²) in [5.74, 6) is 0.437. The highest BCUT2D eigenvalue weighted by atomic mass is 16.5. The molecule has 1 aromatic heterocycles. The second kappa shape index (κ2) is 7.43. The molecule has 0 spiro atoms. The maximum absolute atomic E-state index is 12.6. The van der Waals surface area contributed by atoms with Crippen LogP contribution in [0.25, 0.3) is 0 Å². The molecule has 2 amide bonds. The van der Waals surface area contributed by atoms with Crippen molar-refractivity contribution in [1.82, 2.24) is 14.4 Å².